The second-order valence-electron chi connectivity index (χ2n) is 5.74. The molecule has 2 bridgehead atoms. The van der Waals surface area contributed by atoms with Crippen LogP contribution in [0.1, 0.15) is 32.1 Å². The number of fused-ring (bicyclic) bond motifs is 1. The Bertz CT molecular complexity index is 484. The summed E-state index contributed by atoms with van der Waals surface area (Å²) in [5.41, 5.74) is 0.836. The average Bonchev–Trinajstić information content (AvgIpc) is 2.61. The molecule has 0 aromatic heterocycles. The van der Waals surface area contributed by atoms with E-state index in [1.165, 1.54) is 22.8 Å². The van der Waals surface area contributed by atoms with Crippen molar-refractivity contribution in [3.05, 3.63) is 21.3 Å². The highest BCUT2D eigenvalue weighted by Crippen LogP contribution is 2.52. The van der Waals surface area contributed by atoms with Gasteiger partial charge in [0.2, 0.25) is 0 Å². The molecule has 0 radical (unpaired) electrons. The molecule has 4 aliphatic heterocycles. The van der Waals surface area contributed by atoms with E-state index in [2.05, 4.69) is 33.6 Å². The molecule has 2 fully saturated rings. The summed E-state index contributed by atoms with van der Waals surface area (Å²) in [6.45, 7) is 1.16. The molecule has 1 aliphatic carbocycles. The lowest BCUT2D eigenvalue weighted by molar-refractivity contribution is -0.159. The van der Waals surface area contributed by atoms with Crippen LogP contribution in [0.2, 0.25) is 0 Å². The van der Waals surface area contributed by atoms with Crippen LogP contribution in [0.4, 0.5) is 0 Å². The van der Waals surface area contributed by atoms with Crippen molar-refractivity contribution < 1.29 is 9.53 Å². The van der Waals surface area contributed by atoms with Crippen molar-refractivity contribution in [2.75, 3.05) is 6.54 Å². The lowest BCUT2D eigenvalue weighted by Gasteiger charge is -2.51. The number of hydrogen-bond acceptors (Lipinski definition) is 3. The maximum absolute atomic E-state index is 11.8. The Balaban J connectivity index is 1.89. The number of piperidine rings is 2. The molecule has 0 aromatic carbocycles. The Morgan fingerprint density at radius 1 is 1.39 bits per heavy atom. The number of carbonyl (C=O) groups excluding carboxylic acids is 1. The molecule has 0 saturated carbocycles. The molecular formula is C14H16INO2. The lowest BCUT2D eigenvalue weighted by Crippen LogP contribution is -2.61. The van der Waals surface area contributed by atoms with Crippen molar-refractivity contribution in [2.45, 2.75) is 49.8 Å². The Morgan fingerprint density at radius 2 is 2.28 bits per heavy atom. The molecule has 96 valence electrons. The zero-order chi connectivity index (χ0) is 12.3. The van der Waals surface area contributed by atoms with Gasteiger partial charge in [-0.3, -0.25) is 4.90 Å². The predicted octanol–water partition coefficient (Wildman–Crippen LogP) is 2.56. The fourth-order valence-electron chi connectivity index (χ4n) is 4.19. The van der Waals surface area contributed by atoms with Gasteiger partial charge in [-0.25, -0.2) is 4.79 Å². The van der Waals surface area contributed by atoms with Gasteiger partial charge in [0.15, 0.2) is 5.60 Å². The SMILES string of the molecule is O=C1C=C2C(I)=C[C@@H]3CC[C@@]2(O1)[C@H]1CCCCN31. The van der Waals surface area contributed by atoms with Crippen LogP contribution in [-0.4, -0.2) is 35.1 Å². The van der Waals surface area contributed by atoms with Crippen LogP contribution in [0, 0.1) is 0 Å². The van der Waals surface area contributed by atoms with E-state index in [9.17, 15) is 4.79 Å². The van der Waals surface area contributed by atoms with Crippen molar-refractivity contribution in [3.63, 3.8) is 0 Å². The molecule has 18 heavy (non-hydrogen) atoms. The Kier molecular flexibility index (Phi) is 2.43. The van der Waals surface area contributed by atoms with Crippen LogP contribution in [0.5, 0.6) is 0 Å². The minimum Gasteiger partial charge on any atom is -0.449 e. The third kappa shape index (κ3) is 1.36. The number of hydrogen-bond donors (Lipinski definition) is 0. The lowest BCUT2D eigenvalue weighted by atomic mass is 9.75. The molecule has 0 aromatic rings. The van der Waals surface area contributed by atoms with E-state index >= 15 is 0 Å². The third-order valence-electron chi connectivity index (χ3n) is 4.92. The molecule has 1 spiro atoms. The largest absolute Gasteiger partial charge is 0.449 e. The fourth-order valence-corrected chi connectivity index (χ4v) is 5.22. The minimum absolute atomic E-state index is 0.140. The first-order valence-corrected chi connectivity index (χ1v) is 7.87. The van der Waals surface area contributed by atoms with Gasteiger partial charge in [-0.15, -0.1) is 0 Å². The van der Waals surface area contributed by atoms with Gasteiger partial charge in [0, 0.05) is 21.3 Å². The van der Waals surface area contributed by atoms with E-state index in [1.54, 1.807) is 6.08 Å². The van der Waals surface area contributed by atoms with Crippen molar-refractivity contribution in [1.29, 1.82) is 0 Å². The summed E-state index contributed by atoms with van der Waals surface area (Å²) in [6.07, 6.45) is 9.91. The van der Waals surface area contributed by atoms with Crippen LogP contribution in [0.15, 0.2) is 21.3 Å². The Morgan fingerprint density at radius 3 is 3.17 bits per heavy atom. The molecule has 0 unspecified atom stereocenters. The van der Waals surface area contributed by atoms with Gasteiger partial charge in [-0.2, -0.15) is 0 Å². The molecule has 4 heterocycles. The molecule has 4 heteroatoms. The zero-order valence-electron chi connectivity index (χ0n) is 10.2. The van der Waals surface area contributed by atoms with E-state index in [1.807, 2.05) is 0 Å². The van der Waals surface area contributed by atoms with Gasteiger partial charge < -0.3 is 4.74 Å². The summed E-state index contributed by atoms with van der Waals surface area (Å²) in [7, 11) is 0. The first kappa shape index (κ1) is 11.5. The van der Waals surface area contributed by atoms with Crippen molar-refractivity contribution in [2.24, 2.45) is 0 Å². The molecular weight excluding hydrogens is 341 g/mol. The van der Waals surface area contributed by atoms with Crippen LogP contribution in [0.3, 0.4) is 0 Å². The number of esters is 1. The second kappa shape index (κ2) is 3.82. The fraction of sp³-hybridized carbons (Fsp3) is 0.643. The van der Waals surface area contributed by atoms with Crippen LogP contribution < -0.4 is 0 Å². The summed E-state index contributed by atoms with van der Waals surface area (Å²) >= 11 is 2.38. The summed E-state index contributed by atoms with van der Waals surface area (Å²) < 4.78 is 7.07. The quantitative estimate of drug-likeness (QED) is 0.493. The first-order chi connectivity index (χ1) is 8.71. The Labute approximate surface area is 120 Å². The monoisotopic (exact) mass is 357 g/mol. The van der Waals surface area contributed by atoms with Crippen molar-refractivity contribution in [1.82, 2.24) is 4.90 Å². The minimum atomic E-state index is -0.322. The van der Waals surface area contributed by atoms with Gasteiger partial charge in [0.25, 0.3) is 0 Å². The number of ether oxygens (including phenoxy) is 1. The highest BCUT2D eigenvalue weighted by molar-refractivity contribution is 14.1. The van der Waals surface area contributed by atoms with E-state index in [-0.39, 0.29) is 11.6 Å². The molecule has 0 amide bonds. The summed E-state index contributed by atoms with van der Waals surface area (Å²) in [5.74, 6) is -0.140. The van der Waals surface area contributed by atoms with Crippen molar-refractivity contribution in [3.8, 4) is 0 Å². The molecule has 3 nitrogen and oxygen atoms in total. The summed E-state index contributed by atoms with van der Waals surface area (Å²) in [6, 6.07) is 0.962. The molecule has 0 N–H and O–H groups in total. The number of carbonyl (C=O) groups is 1. The zero-order valence-corrected chi connectivity index (χ0v) is 12.4. The maximum Gasteiger partial charge on any atom is 0.332 e. The number of nitrogens with zero attached hydrogens (tertiary/aromatic N) is 1. The topological polar surface area (TPSA) is 29.5 Å². The summed E-state index contributed by atoms with van der Waals surface area (Å²) in [4.78, 5) is 14.4. The normalized spacial score (nSPS) is 42.6. The first-order valence-electron chi connectivity index (χ1n) is 6.79. The Hall–Kier alpha value is -0.360. The molecule has 2 saturated heterocycles. The van der Waals surface area contributed by atoms with Gasteiger partial charge >= 0.3 is 5.97 Å². The van der Waals surface area contributed by atoms with Gasteiger partial charge in [0.05, 0.1) is 6.04 Å². The number of halogens is 1. The van der Waals surface area contributed by atoms with Gasteiger partial charge in [-0.1, -0.05) is 12.5 Å². The standard InChI is InChI=1S/C14H16INO2/c15-11-7-9-4-5-14(10(11)8-13(17)18-14)12-3-1-2-6-16(9)12/h7-9,12H,1-6H2/t9-,12+,14-/m0/s1. The third-order valence-corrected chi connectivity index (χ3v) is 5.86. The van der Waals surface area contributed by atoms with Gasteiger partial charge in [0.1, 0.15) is 0 Å². The average molecular weight is 357 g/mol. The van der Waals surface area contributed by atoms with E-state index < -0.39 is 0 Å². The molecule has 5 aliphatic rings. The van der Waals surface area contributed by atoms with Gasteiger partial charge in [-0.05, 0) is 54.8 Å². The smallest absolute Gasteiger partial charge is 0.332 e. The summed E-state index contributed by atoms with van der Waals surface area (Å²) in [5, 5.41) is 0. The van der Waals surface area contributed by atoms with E-state index in [4.69, 9.17) is 4.74 Å². The van der Waals surface area contributed by atoms with E-state index in [0.29, 0.717) is 12.1 Å². The predicted molar refractivity (Wildman–Crippen MR) is 76.4 cm³/mol. The van der Waals surface area contributed by atoms with Crippen molar-refractivity contribution >= 4 is 28.6 Å². The van der Waals surface area contributed by atoms with Crippen LogP contribution in [-0.2, 0) is 9.53 Å². The second-order valence-corrected chi connectivity index (χ2v) is 6.90. The molecule has 5 rings (SSSR count). The highest BCUT2D eigenvalue weighted by Gasteiger charge is 2.57. The number of rotatable bonds is 0. The molecule has 3 atom stereocenters. The van der Waals surface area contributed by atoms with E-state index in [0.717, 1.165) is 25.0 Å². The highest BCUT2D eigenvalue weighted by atomic mass is 127. The maximum atomic E-state index is 11.8. The van der Waals surface area contributed by atoms with Crippen LogP contribution in [0.25, 0.3) is 0 Å². The van der Waals surface area contributed by atoms with Crippen LogP contribution >= 0.6 is 22.6 Å².